The van der Waals surface area contributed by atoms with E-state index in [4.69, 9.17) is 14.7 Å². The molecule has 0 saturated heterocycles. The van der Waals surface area contributed by atoms with Crippen LogP contribution in [-0.4, -0.2) is 20.9 Å². The number of para-hydroxylation sites is 1. The topological polar surface area (TPSA) is 42.6 Å². The number of pyridine rings is 1. The predicted molar refractivity (Wildman–Crippen MR) is 227 cm³/mol. The zero-order valence-corrected chi connectivity index (χ0v) is 33.6. The number of nitrogens with zero attached hydrogens (tertiary/aromatic N) is 4. The van der Waals surface area contributed by atoms with Crippen LogP contribution in [0, 0.1) is 41.5 Å². The lowest BCUT2D eigenvalue weighted by molar-refractivity contribution is 0.321. The molecule has 10 rings (SSSR count). The van der Waals surface area contributed by atoms with Crippen LogP contribution in [0.15, 0.2) is 102 Å². The Kier molecular flexibility index (Phi) is 6.89. The number of hydrogen-bond acceptors (Lipinski definition) is 4. The molecule has 2 atom stereocenters. The zero-order valence-electron chi connectivity index (χ0n) is 33.6. The first-order chi connectivity index (χ1) is 26.2. The maximum atomic E-state index is 7.06. The van der Waals surface area contributed by atoms with Gasteiger partial charge >= 0.3 is 0 Å². The van der Waals surface area contributed by atoms with E-state index in [9.17, 15) is 0 Å². The summed E-state index contributed by atoms with van der Waals surface area (Å²) in [5, 5.41) is 2.42. The van der Waals surface area contributed by atoms with E-state index >= 15 is 0 Å². The van der Waals surface area contributed by atoms with E-state index in [1.807, 2.05) is 6.20 Å². The van der Waals surface area contributed by atoms with Crippen LogP contribution in [-0.2, 0) is 17.4 Å². The lowest BCUT2D eigenvalue weighted by Gasteiger charge is -2.43. The molecule has 0 N–H and O–H groups in total. The van der Waals surface area contributed by atoms with Gasteiger partial charge in [-0.3, -0.25) is 9.56 Å². The van der Waals surface area contributed by atoms with Crippen molar-refractivity contribution in [2.24, 2.45) is 4.99 Å². The van der Waals surface area contributed by atoms with Crippen LogP contribution in [0.25, 0.3) is 27.6 Å². The number of rotatable bonds is 4. The molecule has 2 aliphatic heterocycles. The molecular weight excluding hydrogens is 673 g/mol. The normalized spacial score (nSPS) is 20.5. The third kappa shape index (κ3) is 4.47. The van der Waals surface area contributed by atoms with Gasteiger partial charge in [0.25, 0.3) is 0 Å². The van der Waals surface area contributed by atoms with Crippen molar-refractivity contribution in [2.75, 3.05) is 4.90 Å². The second-order valence-corrected chi connectivity index (χ2v) is 17.5. The molecule has 0 bridgehead atoms. The largest absolute Gasteiger partial charge is 0.457 e. The Bertz CT molecular complexity index is 2830. The van der Waals surface area contributed by atoms with Crippen LogP contribution in [0.4, 0.5) is 5.69 Å². The highest BCUT2D eigenvalue weighted by Gasteiger charge is 2.61. The maximum absolute atomic E-state index is 7.06. The SMILES string of the molecule is Cc1cc(C)c(N2C(c3ccc(C)c(Oc4cc5c(cc4C)C(C)(C)c4cccc6c7cc(C)cnc7n-5c46)c3)=N[C@]3(C)Cc4ccccc4[C@]23C)c(C)c1. The monoisotopic (exact) mass is 720 g/mol. The van der Waals surface area contributed by atoms with Crippen molar-refractivity contribution in [3.63, 3.8) is 0 Å². The smallest absolute Gasteiger partial charge is 0.145 e. The molecule has 5 heteroatoms. The summed E-state index contributed by atoms with van der Waals surface area (Å²) in [5.74, 6) is 2.67. The van der Waals surface area contributed by atoms with Crippen LogP contribution < -0.4 is 9.64 Å². The van der Waals surface area contributed by atoms with Crippen LogP contribution >= 0.6 is 0 Å². The van der Waals surface area contributed by atoms with Gasteiger partial charge in [-0.25, -0.2) is 4.98 Å². The van der Waals surface area contributed by atoms with Gasteiger partial charge in [-0.15, -0.1) is 0 Å². The van der Waals surface area contributed by atoms with Crippen molar-refractivity contribution in [2.45, 2.75) is 92.2 Å². The summed E-state index contributed by atoms with van der Waals surface area (Å²) < 4.78 is 9.43. The summed E-state index contributed by atoms with van der Waals surface area (Å²) in [4.78, 5) is 13.3. The van der Waals surface area contributed by atoms with Crippen LogP contribution in [0.2, 0.25) is 0 Å². The van der Waals surface area contributed by atoms with Gasteiger partial charge in [0.1, 0.15) is 23.0 Å². The van der Waals surface area contributed by atoms with Crippen LogP contribution in [0.1, 0.15) is 88.9 Å². The first-order valence-electron chi connectivity index (χ1n) is 19.6. The molecule has 0 amide bonds. The van der Waals surface area contributed by atoms with E-state index in [1.54, 1.807) is 0 Å². The molecule has 2 aromatic heterocycles. The summed E-state index contributed by atoms with van der Waals surface area (Å²) in [6, 6.07) is 33.7. The van der Waals surface area contributed by atoms with Crippen molar-refractivity contribution < 1.29 is 4.74 Å². The molecule has 5 nitrogen and oxygen atoms in total. The summed E-state index contributed by atoms with van der Waals surface area (Å²) >= 11 is 0. The van der Waals surface area contributed by atoms with E-state index in [-0.39, 0.29) is 16.5 Å². The second-order valence-electron chi connectivity index (χ2n) is 17.5. The van der Waals surface area contributed by atoms with Crippen LogP contribution in [0.3, 0.4) is 0 Å². The quantitative estimate of drug-likeness (QED) is 0.182. The fraction of sp³-hybridized carbons (Fsp3) is 0.280. The molecule has 0 unspecified atom stereocenters. The van der Waals surface area contributed by atoms with Gasteiger partial charge in [-0.2, -0.15) is 0 Å². The highest BCUT2D eigenvalue weighted by Crippen LogP contribution is 2.57. The fourth-order valence-corrected chi connectivity index (χ4v) is 10.4. The van der Waals surface area contributed by atoms with Gasteiger partial charge < -0.3 is 9.64 Å². The van der Waals surface area contributed by atoms with Gasteiger partial charge in [0.2, 0.25) is 0 Å². The Hall–Kier alpha value is -5.68. The third-order valence-electron chi connectivity index (χ3n) is 13.3. The fourth-order valence-electron chi connectivity index (χ4n) is 10.4. The Morgan fingerprint density at radius 1 is 0.636 bits per heavy atom. The minimum absolute atomic E-state index is 0.202. The first kappa shape index (κ1) is 33.9. The van der Waals surface area contributed by atoms with E-state index < -0.39 is 0 Å². The molecule has 3 aliphatic rings. The van der Waals surface area contributed by atoms with Crippen molar-refractivity contribution in [1.82, 2.24) is 9.55 Å². The average Bonchev–Trinajstić information content (AvgIpc) is 3.66. The molecule has 4 heterocycles. The summed E-state index contributed by atoms with van der Waals surface area (Å²) in [6.07, 6.45) is 2.87. The highest BCUT2D eigenvalue weighted by atomic mass is 16.5. The molecule has 274 valence electrons. The first-order valence-corrected chi connectivity index (χ1v) is 19.6. The number of anilines is 1. The summed E-state index contributed by atoms with van der Waals surface area (Å²) in [5.41, 5.74) is 17.2. The van der Waals surface area contributed by atoms with Gasteiger partial charge in [-0.05, 0) is 124 Å². The number of amidine groups is 1. The number of aromatic nitrogens is 2. The maximum Gasteiger partial charge on any atom is 0.145 e. The number of fused-ring (bicyclic) bond motifs is 8. The van der Waals surface area contributed by atoms with E-state index in [0.717, 1.165) is 57.3 Å². The van der Waals surface area contributed by atoms with E-state index in [0.29, 0.717) is 0 Å². The van der Waals surface area contributed by atoms with Gasteiger partial charge in [0, 0.05) is 46.1 Å². The molecule has 55 heavy (non-hydrogen) atoms. The number of aryl methyl sites for hydroxylation is 6. The number of aliphatic imine (C=N–C) groups is 1. The molecule has 0 spiro atoms. The third-order valence-corrected chi connectivity index (χ3v) is 13.3. The van der Waals surface area contributed by atoms with Crippen molar-refractivity contribution in [3.8, 4) is 17.2 Å². The van der Waals surface area contributed by atoms with E-state index in [2.05, 4.69) is 170 Å². The van der Waals surface area contributed by atoms with Crippen molar-refractivity contribution >= 4 is 33.5 Å². The minimum atomic E-state index is -0.370. The van der Waals surface area contributed by atoms with Gasteiger partial charge in [0.15, 0.2) is 0 Å². The van der Waals surface area contributed by atoms with E-state index in [1.165, 1.54) is 60.9 Å². The Balaban J connectivity index is 1.13. The number of ether oxygens (including phenoxy) is 1. The number of hydrogen-bond donors (Lipinski definition) is 0. The summed E-state index contributed by atoms with van der Waals surface area (Å²) in [7, 11) is 0. The van der Waals surface area contributed by atoms with Crippen LogP contribution in [0.5, 0.6) is 11.5 Å². The average molecular weight is 721 g/mol. The van der Waals surface area contributed by atoms with Crippen molar-refractivity contribution in [3.05, 3.63) is 158 Å². The molecule has 7 aromatic rings. The Morgan fingerprint density at radius 3 is 2.15 bits per heavy atom. The zero-order chi connectivity index (χ0) is 38.3. The predicted octanol–water partition coefficient (Wildman–Crippen LogP) is 12.0. The minimum Gasteiger partial charge on any atom is -0.457 e. The van der Waals surface area contributed by atoms with Crippen molar-refractivity contribution in [1.29, 1.82) is 0 Å². The molecule has 0 saturated carbocycles. The number of benzene rings is 5. The molecule has 0 fully saturated rings. The lowest BCUT2D eigenvalue weighted by Crippen LogP contribution is -2.52. The molecule has 5 aromatic carbocycles. The molecular formula is C50H48N4O. The molecule has 1 aliphatic carbocycles. The Labute approximate surface area is 324 Å². The molecule has 0 radical (unpaired) electrons. The standard InChI is InChI=1S/C50H48N4O/c1-28-20-32(5)44(33(6)21-28)54-46(52-49(9)26-35-14-11-12-16-38(35)50(49,54)10)34-19-18-30(3)42(24-34)55-43-25-41-40(23-31(43)4)48(7,8)39-17-13-15-36-37-22-29(2)27-51-47(37)53(41)45(36)39/h11-25,27H,26H2,1-10H3/t49-,50+/m1/s1. The second kappa shape index (κ2) is 11.2. The Morgan fingerprint density at radius 2 is 1.36 bits per heavy atom. The lowest BCUT2D eigenvalue weighted by atomic mass is 9.74. The van der Waals surface area contributed by atoms with Gasteiger partial charge in [0.05, 0.1) is 22.3 Å². The van der Waals surface area contributed by atoms with Gasteiger partial charge in [-0.1, -0.05) is 86.1 Å². The highest BCUT2D eigenvalue weighted by molar-refractivity contribution is 6.14. The summed E-state index contributed by atoms with van der Waals surface area (Å²) in [6.45, 7) is 22.5.